The van der Waals surface area contributed by atoms with Gasteiger partial charge in [0.1, 0.15) is 12.0 Å². The van der Waals surface area contributed by atoms with E-state index in [4.69, 9.17) is 11.6 Å². The molecule has 19 heavy (non-hydrogen) atoms. The molecule has 4 nitrogen and oxygen atoms in total. The monoisotopic (exact) mass is 275 g/mol. The van der Waals surface area contributed by atoms with Crippen molar-refractivity contribution in [2.45, 2.75) is 20.8 Å². The summed E-state index contributed by atoms with van der Waals surface area (Å²) in [5.74, 6) is -0.256. The van der Waals surface area contributed by atoms with Crippen LogP contribution >= 0.6 is 11.6 Å². The number of nitrogens with zero attached hydrogens (tertiary/aromatic N) is 2. The van der Waals surface area contributed by atoms with Gasteiger partial charge in [-0.25, -0.2) is 9.97 Å². The lowest BCUT2D eigenvalue weighted by molar-refractivity contribution is 0.102. The van der Waals surface area contributed by atoms with E-state index in [1.807, 2.05) is 26.8 Å². The van der Waals surface area contributed by atoms with Crippen molar-refractivity contribution in [1.29, 1.82) is 0 Å². The Hall–Kier alpha value is -1.94. The number of carbonyl (C=O) groups is 1. The number of hydrogen-bond donors (Lipinski definition) is 1. The highest BCUT2D eigenvalue weighted by Crippen LogP contribution is 2.21. The molecule has 98 valence electrons. The van der Waals surface area contributed by atoms with Crippen molar-refractivity contribution in [3.05, 3.63) is 52.1 Å². The van der Waals surface area contributed by atoms with Crippen LogP contribution in [0.15, 0.2) is 24.5 Å². The molecular formula is C14H14ClN3O. The highest BCUT2D eigenvalue weighted by atomic mass is 35.5. The van der Waals surface area contributed by atoms with Gasteiger partial charge in [-0.2, -0.15) is 0 Å². The number of amides is 1. The first kappa shape index (κ1) is 13.5. The van der Waals surface area contributed by atoms with Gasteiger partial charge in [0, 0.05) is 22.0 Å². The number of carbonyl (C=O) groups excluding carboxylic acids is 1. The van der Waals surface area contributed by atoms with Crippen LogP contribution in [0.5, 0.6) is 0 Å². The largest absolute Gasteiger partial charge is 0.320 e. The van der Waals surface area contributed by atoms with Gasteiger partial charge in [0.2, 0.25) is 0 Å². The van der Waals surface area contributed by atoms with Crippen molar-refractivity contribution in [2.24, 2.45) is 0 Å². The van der Waals surface area contributed by atoms with Crippen LogP contribution in [0.1, 0.15) is 27.3 Å². The molecule has 1 aromatic heterocycles. The van der Waals surface area contributed by atoms with Gasteiger partial charge in [-0.15, -0.1) is 0 Å². The molecule has 0 radical (unpaired) electrons. The van der Waals surface area contributed by atoms with Crippen LogP contribution in [0.3, 0.4) is 0 Å². The van der Waals surface area contributed by atoms with Crippen LogP contribution in [-0.4, -0.2) is 15.9 Å². The maximum atomic E-state index is 12.2. The van der Waals surface area contributed by atoms with Crippen molar-refractivity contribution in [3.8, 4) is 0 Å². The summed E-state index contributed by atoms with van der Waals surface area (Å²) in [7, 11) is 0. The molecule has 0 saturated carbocycles. The summed E-state index contributed by atoms with van der Waals surface area (Å²) >= 11 is 5.93. The zero-order valence-corrected chi connectivity index (χ0v) is 11.7. The standard InChI is InChI=1S/C14H14ClN3O/c1-8-4-5-11(15)6-12(8)18-14(19)13-9(2)10(3)16-7-17-13/h4-7H,1-3H3,(H,18,19). The van der Waals surface area contributed by atoms with E-state index in [0.717, 1.165) is 16.8 Å². The number of anilines is 1. The van der Waals surface area contributed by atoms with Crippen molar-refractivity contribution in [3.63, 3.8) is 0 Å². The average molecular weight is 276 g/mol. The molecule has 0 fully saturated rings. The van der Waals surface area contributed by atoms with Crippen LogP contribution in [-0.2, 0) is 0 Å². The molecule has 0 bridgehead atoms. The van der Waals surface area contributed by atoms with Gasteiger partial charge in [0.25, 0.3) is 5.91 Å². The van der Waals surface area contributed by atoms with E-state index in [9.17, 15) is 4.79 Å². The SMILES string of the molecule is Cc1ccc(Cl)cc1NC(=O)c1ncnc(C)c1C. The summed E-state index contributed by atoms with van der Waals surface area (Å²) in [6.07, 6.45) is 1.39. The molecular weight excluding hydrogens is 262 g/mol. The molecule has 0 atom stereocenters. The molecule has 5 heteroatoms. The topological polar surface area (TPSA) is 54.9 Å². The fourth-order valence-electron chi connectivity index (χ4n) is 1.68. The molecule has 0 saturated heterocycles. The van der Waals surface area contributed by atoms with Gasteiger partial charge >= 0.3 is 0 Å². The third-order valence-electron chi connectivity index (χ3n) is 3.00. The molecule has 0 aliphatic rings. The van der Waals surface area contributed by atoms with E-state index in [-0.39, 0.29) is 5.91 Å². The number of benzene rings is 1. The molecule has 0 aliphatic heterocycles. The fourth-order valence-corrected chi connectivity index (χ4v) is 1.85. The first-order valence-electron chi connectivity index (χ1n) is 5.84. The number of nitrogens with one attached hydrogen (secondary N) is 1. The number of halogens is 1. The summed E-state index contributed by atoms with van der Waals surface area (Å²) in [5.41, 5.74) is 3.59. The van der Waals surface area contributed by atoms with Crippen LogP contribution in [0.2, 0.25) is 5.02 Å². The minimum Gasteiger partial charge on any atom is -0.320 e. The molecule has 2 aromatic rings. The normalized spacial score (nSPS) is 10.3. The Morgan fingerprint density at radius 3 is 2.68 bits per heavy atom. The van der Waals surface area contributed by atoms with Gasteiger partial charge in [0.05, 0.1) is 0 Å². The second-order valence-electron chi connectivity index (χ2n) is 4.35. The predicted octanol–water partition coefficient (Wildman–Crippen LogP) is 3.31. The van der Waals surface area contributed by atoms with Gasteiger partial charge in [-0.3, -0.25) is 4.79 Å². The van der Waals surface area contributed by atoms with Crippen LogP contribution < -0.4 is 5.32 Å². The van der Waals surface area contributed by atoms with Crippen LogP contribution in [0.25, 0.3) is 0 Å². The Kier molecular flexibility index (Phi) is 3.81. The second-order valence-corrected chi connectivity index (χ2v) is 4.78. The van der Waals surface area contributed by atoms with Crippen molar-refractivity contribution in [1.82, 2.24) is 9.97 Å². The number of aromatic nitrogens is 2. The summed E-state index contributed by atoms with van der Waals surface area (Å²) in [4.78, 5) is 20.3. The first-order valence-corrected chi connectivity index (χ1v) is 6.22. The van der Waals surface area contributed by atoms with Crippen molar-refractivity contribution < 1.29 is 4.79 Å². The summed E-state index contributed by atoms with van der Waals surface area (Å²) in [6, 6.07) is 5.36. The van der Waals surface area contributed by atoms with Crippen molar-refractivity contribution in [2.75, 3.05) is 5.32 Å². The zero-order chi connectivity index (χ0) is 14.0. The highest BCUT2D eigenvalue weighted by Gasteiger charge is 2.13. The molecule has 2 rings (SSSR count). The van der Waals surface area contributed by atoms with E-state index in [1.165, 1.54) is 6.33 Å². The van der Waals surface area contributed by atoms with Crippen LogP contribution in [0, 0.1) is 20.8 Å². The van der Waals surface area contributed by atoms with Crippen LogP contribution in [0.4, 0.5) is 5.69 Å². The van der Waals surface area contributed by atoms with E-state index in [0.29, 0.717) is 16.4 Å². The minimum absolute atomic E-state index is 0.256. The lowest BCUT2D eigenvalue weighted by atomic mass is 10.1. The summed E-state index contributed by atoms with van der Waals surface area (Å²) in [5, 5.41) is 3.40. The molecule has 0 aliphatic carbocycles. The molecule has 1 heterocycles. The van der Waals surface area contributed by atoms with Gasteiger partial charge < -0.3 is 5.32 Å². The molecule has 1 aromatic carbocycles. The van der Waals surface area contributed by atoms with E-state index >= 15 is 0 Å². The Bertz CT molecular complexity index is 641. The van der Waals surface area contributed by atoms with E-state index in [1.54, 1.807) is 12.1 Å². The Labute approximate surface area is 116 Å². The maximum Gasteiger partial charge on any atom is 0.274 e. The molecule has 1 amide bonds. The summed E-state index contributed by atoms with van der Waals surface area (Å²) < 4.78 is 0. The number of aryl methyl sites for hydroxylation is 2. The highest BCUT2D eigenvalue weighted by molar-refractivity contribution is 6.31. The molecule has 0 spiro atoms. The second kappa shape index (κ2) is 5.36. The molecule has 0 unspecified atom stereocenters. The average Bonchev–Trinajstić information content (AvgIpc) is 2.37. The van der Waals surface area contributed by atoms with E-state index in [2.05, 4.69) is 15.3 Å². The van der Waals surface area contributed by atoms with Gasteiger partial charge in [-0.1, -0.05) is 17.7 Å². The smallest absolute Gasteiger partial charge is 0.274 e. The first-order chi connectivity index (χ1) is 8.99. The Morgan fingerprint density at radius 2 is 1.95 bits per heavy atom. The van der Waals surface area contributed by atoms with Crippen molar-refractivity contribution >= 4 is 23.2 Å². The maximum absolute atomic E-state index is 12.2. The third-order valence-corrected chi connectivity index (χ3v) is 3.23. The minimum atomic E-state index is -0.256. The lowest BCUT2D eigenvalue weighted by Gasteiger charge is -2.10. The number of rotatable bonds is 2. The van der Waals surface area contributed by atoms with E-state index < -0.39 is 0 Å². The third kappa shape index (κ3) is 2.90. The predicted molar refractivity (Wildman–Crippen MR) is 75.6 cm³/mol. The number of hydrogen-bond acceptors (Lipinski definition) is 3. The Morgan fingerprint density at radius 1 is 1.21 bits per heavy atom. The Balaban J connectivity index is 2.31. The fraction of sp³-hybridized carbons (Fsp3) is 0.214. The quantitative estimate of drug-likeness (QED) is 0.915. The zero-order valence-electron chi connectivity index (χ0n) is 11.0. The van der Waals surface area contributed by atoms with Gasteiger partial charge in [0.15, 0.2) is 0 Å². The lowest BCUT2D eigenvalue weighted by Crippen LogP contribution is -2.17. The van der Waals surface area contributed by atoms with Gasteiger partial charge in [-0.05, 0) is 38.5 Å². The summed E-state index contributed by atoms with van der Waals surface area (Å²) in [6.45, 7) is 5.58. The molecule has 1 N–H and O–H groups in total.